The zero-order valence-electron chi connectivity index (χ0n) is 39.0. The Morgan fingerprint density at radius 3 is 1.40 bits per heavy atom. The molecule has 9 nitrogen and oxygen atoms in total. The molecule has 0 bridgehead atoms. The molecule has 0 N–H and O–H groups in total. The molecule has 68 heavy (non-hydrogen) atoms. The molecule has 1 atom stereocenters. The van der Waals surface area contributed by atoms with E-state index < -0.39 is 0 Å². The summed E-state index contributed by atoms with van der Waals surface area (Å²) in [5.74, 6) is 3.21. The van der Waals surface area contributed by atoms with Gasteiger partial charge in [0.15, 0.2) is 11.6 Å². The topological polar surface area (TPSA) is 73.8 Å². The Balaban J connectivity index is 0.000000215. The van der Waals surface area contributed by atoms with Crippen LogP contribution < -0.4 is 19.6 Å². The van der Waals surface area contributed by atoms with Crippen LogP contribution in [0.4, 0.5) is 46.0 Å². The first kappa shape index (κ1) is 50.7. The van der Waals surface area contributed by atoms with Gasteiger partial charge >= 0.3 is 0 Å². The predicted octanol–water partition coefficient (Wildman–Crippen LogP) is 14.8. The monoisotopic (exact) mass is 1080 g/mol. The summed E-state index contributed by atoms with van der Waals surface area (Å²) in [6.45, 7) is 21.7. The van der Waals surface area contributed by atoms with E-state index in [1.165, 1.54) is 66.8 Å². The quantitative estimate of drug-likeness (QED) is 0.138. The maximum atomic E-state index is 6.32. The third-order valence-electron chi connectivity index (χ3n) is 11.9. The molecule has 8 aromatic rings. The summed E-state index contributed by atoms with van der Waals surface area (Å²) in [5.41, 5.74) is 18.9. The second-order valence-corrected chi connectivity index (χ2v) is 17.0. The zero-order valence-corrected chi connectivity index (χ0v) is 41.4. The van der Waals surface area contributed by atoms with Crippen molar-refractivity contribution in [2.75, 3.05) is 26.2 Å². The van der Waals surface area contributed by atoms with Crippen molar-refractivity contribution >= 4 is 46.0 Å². The predicted molar refractivity (Wildman–Crippen MR) is 279 cm³/mol. The molecule has 0 saturated carbocycles. The number of nitrogens with zero attached hydrogens (tertiary/aromatic N) is 8. The molecule has 10 rings (SSSR count). The van der Waals surface area contributed by atoms with E-state index in [1.807, 2.05) is 13.6 Å². The summed E-state index contributed by atoms with van der Waals surface area (Å²) in [6.07, 6.45) is 6.57. The minimum atomic E-state index is -0.380. The molecule has 0 saturated heterocycles. The molecule has 0 spiro atoms. The SMILES string of the molecule is C.C.CCOC1N(c2ccc(-c3c(C)cccc3C)cc2)c2nccnc2N1c1cc(C)cc(C)c1.Cc1cc(C)cc(N2[CH-]N(c3[c-]cc(-c4c(C)cccc4C)cc3)c3nccnc32)c1.[Ir]. The van der Waals surface area contributed by atoms with Crippen LogP contribution in [0, 0.1) is 68.1 Å². The van der Waals surface area contributed by atoms with E-state index in [9.17, 15) is 0 Å². The molecule has 2 aliphatic rings. The van der Waals surface area contributed by atoms with Crippen molar-refractivity contribution in [3.05, 3.63) is 197 Å². The molecule has 0 aliphatic carbocycles. The molecule has 351 valence electrons. The van der Waals surface area contributed by atoms with Crippen LogP contribution in [0.5, 0.6) is 0 Å². The number of fused-ring (bicyclic) bond motifs is 2. The minimum absolute atomic E-state index is 0. The molecule has 0 fully saturated rings. The molecule has 4 heterocycles. The van der Waals surface area contributed by atoms with E-state index >= 15 is 0 Å². The van der Waals surface area contributed by atoms with Gasteiger partial charge in [0.1, 0.15) is 11.6 Å². The van der Waals surface area contributed by atoms with Gasteiger partial charge < -0.3 is 14.5 Å². The Bertz CT molecular complexity index is 2930. The summed E-state index contributed by atoms with van der Waals surface area (Å²) >= 11 is 0. The smallest absolute Gasteiger partial charge is 0.221 e. The van der Waals surface area contributed by atoms with Crippen LogP contribution in [0.15, 0.2) is 140 Å². The van der Waals surface area contributed by atoms with Gasteiger partial charge in [-0.25, -0.2) is 19.9 Å². The van der Waals surface area contributed by atoms with Gasteiger partial charge in [0.25, 0.3) is 0 Å². The van der Waals surface area contributed by atoms with Crippen molar-refractivity contribution in [1.82, 2.24) is 19.9 Å². The Labute approximate surface area is 417 Å². The van der Waals surface area contributed by atoms with Crippen LogP contribution in [-0.4, -0.2) is 32.9 Å². The second kappa shape index (κ2) is 21.5. The van der Waals surface area contributed by atoms with Crippen molar-refractivity contribution < 1.29 is 24.8 Å². The first-order valence-electron chi connectivity index (χ1n) is 22.2. The van der Waals surface area contributed by atoms with Gasteiger partial charge in [-0.15, -0.1) is 24.0 Å². The summed E-state index contributed by atoms with van der Waals surface area (Å²) in [5, 5.41) is 0. The number of aryl methyl sites for hydroxylation is 8. The van der Waals surface area contributed by atoms with Crippen LogP contribution >= 0.6 is 0 Å². The van der Waals surface area contributed by atoms with Crippen molar-refractivity contribution in [2.45, 2.75) is 83.5 Å². The van der Waals surface area contributed by atoms with E-state index in [1.54, 1.807) is 24.8 Å². The third kappa shape index (κ3) is 9.95. The fourth-order valence-electron chi connectivity index (χ4n) is 9.27. The first-order valence-corrected chi connectivity index (χ1v) is 22.2. The van der Waals surface area contributed by atoms with Crippen molar-refractivity contribution in [2.24, 2.45) is 0 Å². The van der Waals surface area contributed by atoms with Gasteiger partial charge in [0.2, 0.25) is 6.35 Å². The number of hydrogen-bond donors (Lipinski definition) is 0. The average Bonchev–Trinajstić information content (AvgIpc) is 3.83. The van der Waals surface area contributed by atoms with Crippen LogP contribution in [0.3, 0.4) is 0 Å². The average molecular weight is 1080 g/mol. The first-order chi connectivity index (χ1) is 31.5. The van der Waals surface area contributed by atoms with Crippen LogP contribution in [0.25, 0.3) is 22.3 Å². The minimum Gasteiger partial charge on any atom is -0.477 e. The summed E-state index contributed by atoms with van der Waals surface area (Å²) < 4.78 is 6.32. The normalized spacial score (nSPS) is 13.4. The molecule has 0 amide bonds. The third-order valence-corrected chi connectivity index (χ3v) is 11.9. The van der Waals surface area contributed by atoms with Gasteiger partial charge in [0, 0.05) is 68.6 Å². The standard InChI is InChI=1S/C29H30N4O.C27H24N4.2CH4.Ir/c1-6-34-29-32(24-12-10-23(11-13-24)26-21(4)8-7-9-22(26)5)27-28(31-15-14-30-27)33(29)25-17-19(2)16-20(3)18-25;1-18-14-19(2)16-24(15-18)31-17-30(26-27(31)29-13-12-28-26)23-10-8-22(9-11-23)25-20(3)6-5-7-21(25)4;;;/h7-18,29H,6H2,1-5H3;5-10,12-17H,1-4H3;2*1H4;/q;-2;;;. The molecule has 10 heteroatoms. The summed E-state index contributed by atoms with van der Waals surface area (Å²) in [4.78, 5) is 27.1. The van der Waals surface area contributed by atoms with Crippen molar-refractivity contribution in [3.63, 3.8) is 0 Å². The molecule has 1 radical (unpaired) electrons. The zero-order chi connectivity index (χ0) is 45.4. The number of anilines is 8. The molecular formula is C58H62IrN8O-2. The number of rotatable bonds is 8. The van der Waals surface area contributed by atoms with E-state index in [-0.39, 0.29) is 41.3 Å². The fraction of sp³-hybridized carbons (Fsp3) is 0.224. The van der Waals surface area contributed by atoms with Gasteiger partial charge in [-0.1, -0.05) is 92.2 Å². The van der Waals surface area contributed by atoms with Crippen LogP contribution in [-0.2, 0) is 24.8 Å². The van der Waals surface area contributed by atoms with Gasteiger partial charge in [-0.05, 0) is 143 Å². The Kier molecular flexibility index (Phi) is 16.0. The van der Waals surface area contributed by atoms with Crippen molar-refractivity contribution in [1.29, 1.82) is 0 Å². The maximum Gasteiger partial charge on any atom is 0.221 e. The van der Waals surface area contributed by atoms with Crippen LogP contribution in [0.1, 0.15) is 66.3 Å². The largest absolute Gasteiger partial charge is 0.477 e. The summed E-state index contributed by atoms with van der Waals surface area (Å²) in [6, 6.07) is 44.3. The molecule has 1 unspecified atom stereocenters. The number of benzene rings is 6. The van der Waals surface area contributed by atoms with Gasteiger partial charge in [0.05, 0.1) is 0 Å². The van der Waals surface area contributed by atoms with Crippen molar-refractivity contribution in [3.8, 4) is 22.3 Å². The van der Waals surface area contributed by atoms with E-state index in [0.717, 1.165) is 46.0 Å². The molecular weight excluding hydrogens is 1020 g/mol. The Morgan fingerprint density at radius 2 is 0.926 bits per heavy atom. The summed E-state index contributed by atoms with van der Waals surface area (Å²) in [7, 11) is 0. The Hall–Kier alpha value is -6.71. The number of aromatic nitrogens is 4. The van der Waals surface area contributed by atoms with E-state index in [0.29, 0.717) is 6.61 Å². The van der Waals surface area contributed by atoms with E-state index in [4.69, 9.17) is 14.7 Å². The molecule has 2 aliphatic heterocycles. The number of hydrogen-bond acceptors (Lipinski definition) is 9. The molecule has 6 aromatic carbocycles. The van der Waals surface area contributed by atoms with Crippen LogP contribution in [0.2, 0.25) is 0 Å². The van der Waals surface area contributed by atoms with Gasteiger partial charge in [-0.3, -0.25) is 9.80 Å². The number of ether oxygens (including phenoxy) is 1. The van der Waals surface area contributed by atoms with E-state index in [2.05, 4.69) is 206 Å². The van der Waals surface area contributed by atoms with Gasteiger partial charge in [-0.2, -0.15) is 18.2 Å². The fourth-order valence-corrected chi connectivity index (χ4v) is 9.27. The molecule has 2 aromatic heterocycles. The second-order valence-electron chi connectivity index (χ2n) is 17.0. The Morgan fingerprint density at radius 1 is 0.500 bits per heavy atom. The maximum absolute atomic E-state index is 6.32.